The van der Waals surface area contributed by atoms with Crippen LogP contribution in [0.15, 0.2) is 48.5 Å². The first-order chi connectivity index (χ1) is 9.31. The number of nitrogens with zero attached hydrogens (tertiary/aromatic N) is 1. The second kappa shape index (κ2) is 4.82. The Balaban J connectivity index is 2.38. The molecule has 2 aromatic carbocycles. The number of para-hydroxylation sites is 1. The maximum absolute atomic E-state index is 5.40. The van der Waals surface area contributed by atoms with E-state index in [1.54, 1.807) is 7.11 Å². The number of benzene rings is 2. The van der Waals surface area contributed by atoms with E-state index in [9.17, 15) is 0 Å². The zero-order valence-corrected chi connectivity index (χ0v) is 11.2. The predicted octanol–water partition coefficient (Wildman–Crippen LogP) is 3.97. The molecule has 0 atom stereocenters. The van der Waals surface area contributed by atoms with E-state index in [0.29, 0.717) is 4.64 Å². The van der Waals surface area contributed by atoms with Gasteiger partial charge in [0, 0.05) is 16.3 Å². The van der Waals surface area contributed by atoms with E-state index in [-0.39, 0.29) is 0 Å². The van der Waals surface area contributed by atoms with Gasteiger partial charge in [-0.1, -0.05) is 48.6 Å². The molecule has 0 unspecified atom stereocenters. The Morgan fingerprint density at radius 1 is 1.00 bits per heavy atom. The maximum atomic E-state index is 5.40. The normalized spacial score (nSPS) is 10.6. The zero-order chi connectivity index (χ0) is 13.2. The molecule has 3 nitrogen and oxygen atoms in total. The van der Waals surface area contributed by atoms with Crippen LogP contribution in [0, 0.1) is 4.64 Å². The Labute approximate surface area is 115 Å². The fourth-order valence-corrected chi connectivity index (χ4v) is 2.38. The number of rotatable bonds is 2. The van der Waals surface area contributed by atoms with Crippen molar-refractivity contribution in [2.45, 2.75) is 0 Å². The van der Waals surface area contributed by atoms with Crippen LogP contribution in [0.3, 0.4) is 0 Å². The van der Waals surface area contributed by atoms with E-state index < -0.39 is 0 Å². The minimum Gasteiger partial charge on any atom is -0.496 e. The summed E-state index contributed by atoms with van der Waals surface area (Å²) in [5.74, 6) is 0.797. The summed E-state index contributed by atoms with van der Waals surface area (Å²) in [4.78, 5) is 0. The average molecular weight is 268 g/mol. The predicted molar refractivity (Wildman–Crippen MR) is 78.9 cm³/mol. The van der Waals surface area contributed by atoms with Gasteiger partial charge in [-0.05, 0) is 12.1 Å². The van der Waals surface area contributed by atoms with Crippen molar-refractivity contribution in [1.82, 2.24) is 10.2 Å². The highest BCUT2D eigenvalue weighted by molar-refractivity contribution is 7.71. The third kappa shape index (κ3) is 2.00. The van der Waals surface area contributed by atoms with E-state index >= 15 is 0 Å². The summed E-state index contributed by atoms with van der Waals surface area (Å²) < 4.78 is 6.05. The topological polar surface area (TPSA) is 37.9 Å². The van der Waals surface area contributed by atoms with Crippen LogP contribution < -0.4 is 4.74 Å². The number of hydrogen-bond acceptors (Lipinski definition) is 3. The van der Waals surface area contributed by atoms with Gasteiger partial charge in [-0.25, -0.2) is 0 Å². The van der Waals surface area contributed by atoms with Gasteiger partial charge < -0.3 is 4.74 Å². The van der Waals surface area contributed by atoms with Gasteiger partial charge in [0.1, 0.15) is 16.1 Å². The van der Waals surface area contributed by atoms with Gasteiger partial charge in [-0.2, -0.15) is 5.10 Å². The first-order valence-electron chi connectivity index (χ1n) is 5.92. The van der Waals surface area contributed by atoms with Crippen LogP contribution in [-0.2, 0) is 0 Å². The standard InChI is InChI=1S/C15H12N2OS/c1-18-13-9-5-4-8-12(13)14-10-6-2-3-7-11(10)15(19)17-16-14/h2-9H,1H3,(H,17,19). The molecule has 0 saturated carbocycles. The summed E-state index contributed by atoms with van der Waals surface area (Å²) in [5.41, 5.74) is 1.80. The minimum atomic E-state index is 0.647. The third-order valence-corrected chi connectivity index (χ3v) is 3.37. The van der Waals surface area contributed by atoms with Crippen molar-refractivity contribution in [3.63, 3.8) is 0 Å². The van der Waals surface area contributed by atoms with Gasteiger partial charge in [-0.3, -0.25) is 5.10 Å². The van der Waals surface area contributed by atoms with Crippen molar-refractivity contribution in [1.29, 1.82) is 0 Å². The number of hydrogen-bond donors (Lipinski definition) is 1. The van der Waals surface area contributed by atoms with Gasteiger partial charge >= 0.3 is 0 Å². The largest absolute Gasteiger partial charge is 0.496 e. The van der Waals surface area contributed by atoms with Gasteiger partial charge in [0.15, 0.2) is 0 Å². The SMILES string of the molecule is COc1ccccc1-c1n[nH]c(=S)c2ccccc12. The van der Waals surface area contributed by atoms with Crippen LogP contribution in [0.25, 0.3) is 22.0 Å². The van der Waals surface area contributed by atoms with E-state index in [2.05, 4.69) is 10.2 Å². The Morgan fingerprint density at radius 3 is 2.47 bits per heavy atom. The maximum Gasteiger partial charge on any atom is 0.128 e. The summed E-state index contributed by atoms with van der Waals surface area (Å²) >= 11 is 5.28. The van der Waals surface area contributed by atoms with Crippen molar-refractivity contribution in [2.24, 2.45) is 0 Å². The Bertz CT molecular complexity index is 795. The zero-order valence-electron chi connectivity index (χ0n) is 10.4. The summed E-state index contributed by atoms with van der Waals surface area (Å²) in [6, 6.07) is 15.8. The second-order valence-electron chi connectivity index (χ2n) is 4.15. The highest BCUT2D eigenvalue weighted by Crippen LogP contribution is 2.32. The third-order valence-electron chi connectivity index (χ3n) is 3.06. The summed E-state index contributed by atoms with van der Waals surface area (Å²) in [5, 5.41) is 9.30. The highest BCUT2D eigenvalue weighted by Gasteiger charge is 2.10. The quantitative estimate of drug-likeness (QED) is 0.715. The number of aromatic amines is 1. The fraction of sp³-hybridized carbons (Fsp3) is 0.0667. The number of nitrogens with one attached hydrogen (secondary N) is 1. The molecule has 0 radical (unpaired) electrons. The summed E-state index contributed by atoms with van der Waals surface area (Å²) in [6.45, 7) is 0. The second-order valence-corrected chi connectivity index (χ2v) is 4.56. The average Bonchev–Trinajstić information content (AvgIpc) is 2.48. The van der Waals surface area contributed by atoms with E-state index in [0.717, 1.165) is 27.8 Å². The van der Waals surface area contributed by atoms with Crippen molar-refractivity contribution in [2.75, 3.05) is 7.11 Å². The molecule has 0 aliphatic rings. The highest BCUT2D eigenvalue weighted by atomic mass is 32.1. The number of ether oxygens (including phenoxy) is 1. The molecule has 1 heterocycles. The lowest BCUT2D eigenvalue weighted by Crippen LogP contribution is -1.94. The summed E-state index contributed by atoms with van der Waals surface area (Å²) in [6.07, 6.45) is 0. The van der Waals surface area contributed by atoms with E-state index in [4.69, 9.17) is 17.0 Å². The van der Waals surface area contributed by atoms with Gasteiger partial charge in [-0.15, -0.1) is 0 Å². The first kappa shape index (κ1) is 11.9. The molecule has 94 valence electrons. The molecule has 0 aliphatic carbocycles. The molecule has 0 amide bonds. The molecule has 0 bridgehead atoms. The molecule has 1 N–H and O–H groups in total. The van der Waals surface area contributed by atoms with Crippen molar-refractivity contribution in [3.8, 4) is 17.0 Å². The molecule has 0 aliphatic heterocycles. The fourth-order valence-electron chi connectivity index (χ4n) is 2.16. The molecule has 3 aromatic rings. The van der Waals surface area contributed by atoms with Crippen LogP contribution in [-0.4, -0.2) is 17.3 Å². The van der Waals surface area contributed by atoms with Crippen LogP contribution in [0.5, 0.6) is 5.75 Å². The van der Waals surface area contributed by atoms with Crippen molar-refractivity contribution >= 4 is 23.0 Å². The molecule has 3 rings (SSSR count). The van der Waals surface area contributed by atoms with Gasteiger partial charge in [0.25, 0.3) is 0 Å². The first-order valence-corrected chi connectivity index (χ1v) is 6.33. The Morgan fingerprint density at radius 2 is 1.68 bits per heavy atom. The lowest BCUT2D eigenvalue weighted by molar-refractivity contribution is 0.416. The lowest BCUT2D eigenvalue weighted by atomic mass is 10.0. The lowest BCUT2D eigenvalue weighted by Gasteiger charge is -2.09. The molecule has 19 heavy (non-hydrogen) atoms. The van der Waals surface area contributed by atoms with Gasteiger partial charge in [0.2, 0.25) is 0 Å². The molecular weight excluding hydrogens is 256 g/mol. The molecule has 1 aromatic heterocycles. The molecule has 0 spiro atoms. The number of methoxy groups -OCH3 is 1. The van der Waals surface area contributed by atoms with Crippen LogP contribution in [0.2, 0.25) is 0 Å². The molecule has 4 heteroatoms. The van der Waals surface area contributed by atoms with Crippen molar-refractivity contribution < 1.29 is 4.74 Å². The molecule has 0 fully saturated rings. The van der Waals surface area contributed by atoms with Gasteiger partial charge in [0.05, 0.1) is 7.11 Å². The summed E-state index contributed by atoms with van der Waals surface area (Å²) in [7, 11) is 1.66. The number of H-pyrrole nitrogens is 1. The van der Waals surface area contributed by atoms with Crippen LogP contribution in [0.4, 0.5) is 0 Å². The van der Waals surface area contributed by atoms with E-state index in [1.165, 1.54) is 0 Å². The van der Waals surface area contributed by atoms with Crippen LogP contribution in [0.1, 0.15) is 0 Å². The smallest absolute Gasteiger partial charge is 0.128 e. The number of aromatic nitrogens is 2. The Kier molecular flexibility index (Phi) is 3.01. The van der Waals surface area contributed by atoms with E-state index in [1.807, 2.05) is 48.5 Å². The minimum absolute atomic E-state index is 0.647. The molecule has 0 saturated heterocycles. The monoisotopic (exact) mass is 268 g/mol. The molecular formula is C15H12N2OS. The van der Waals surface area contributed by atoms with Crippen LogP contribution >= 0.6 is 12.2 Å². The van der Waals surface area contributed by atoms with Crippen molar-refractivity contribution in [3.05, 3.63) is 53.2 Å². The number of fused-ring (bicyclic) bond motifs is 1. The Hall–Kier alpha value is -2.20.